The molecule has 2 aromatic carbocycles. The Labute approximate surface area is 243 Å². The first-order valence-electron chi connectivity index (χ1n) is 14.8. The summed E-state index contributed by atoms with van der Waals surface area (Å²) in [6.45, 7) is 9.32. The highest BCUT2D eigenvalue weighted by molar-refractivity contribution is 6.01. The Balaban J connectivity index is 1.50. The number of fused-ring (bicyclic) bond motifs is 1. The number of unbranched alkanes of at least 4 members (excludes halogenated alkanes) is 3. The van der Waals surface area contributed by atoms with Crippen molar-refractivity contribution in [3.63, 3.8) is 0 Å². The number of benzene rings is 2. The molecule has 3 aromatic rings. The van der Waals surface area contributed by atoms with Crippen LogP contribution >= 0.6 is 0 Å². The van der Waals surface area contributed by atoms with Gasteiger partial charge in [0.05, 0.1) is 6.17 Å². The molecule has 5 N–H and O–H groups in total. The Morgan fingerprint density at radius 3 is 2.37 bits per heavy atom. The third kappa shape index (κ3) is 9.54. The molecule has 1 aromatic heterocycles. The summed E-state index contributed by atoms with van der Waals surface area (Å²) in [5.74, 6) is -0.533. The second-order valence-corrected chi connectivity index (χ2v) is 10.9. The summed E-state index contributed by atoms with van der Waals surface area (Å²) < 4.78 is 16.0. The number of rotatable bonds is 16. The van der Waals surface area contributed by atoms with Gasteiger partial charge in [0.25, 0.3) is 0 Å². The number of nitrogens with two attached hydrogens (primary N) is 1. The van der Waals surface area contributed by atoms with Crippen molar-refractivity contribution in [3.05, 3.63) is 66.1 Å². The molecule has 0 saturated carbocycles. The molecule has 0 spiro atoms. The average molecular weight is 564 g/mol. The molecule has 222 valence electrons. The van der Waals surface area contributed by atoms with Gasteiger partial charge < -0.3 is 26.3 Å². The first-order chi connectivity index (χ1) is 19.7. The molecule has 0 aliphatic heterocycles. The number of nitrogens with zero attached hydrogens (tertiary/aromatic N) is 1. The van der Waals surface area contributed by atoms with E-state index in [9.17, 15) is 14.0 Å². The van der Waals surface area contributed by atoms with Crippen LogP contribution in [0, 0.1) is 5.82 Å². The lowest BCUT2D eigenvalue weighted by Gasteiger charge is -2.14. The fourth-order valence-electron chi connectivity index (χ4n) is 4.99. The number of carbonyl (C=O) groups excluding carboxylic acids is 2. The van der Waals surface area contributed by atoms with Crippen LogP contribution in [-0.2, 0) is 9.59 Å². The number of aromatic nitrogens is 1. The van der Waals surface area contributed by atoms with E-state index in [1.807, 2.05) is 31.2 Å². The molecule has 2 unspecified atom stereocenters. The highest BCUT2D eigenvalue weighted by Crippen LogP contribution is 2.38. The van der Waals surface area contributed by atoms with Crippen LogP contribution in [-0.4, -0.2) is 41.7 Å². The van der Waals surface area contributed by atoms with E-state index < -0.39 is 6.04 Å². The summed E-state index contributed by atoms with van der Waals surface area (Å²) in [5.41, 5.74) is 9.97. The summed E-state index contributed by atoms with van der Waals surface area (Å²) in [7, 11) is 0. The number of carbonyl (C=O) groups is 2. The van der Waals surface area contributed by atoms with Crippen molar-refractivity contribution in [3.8, 4) is 11.1 Å². The van der Waals surface area contributed by atoms with Crippen LogP contribution in [0.3, 0.4) is 0 Å². The number of amides is 2. The Bertz CT molecular complexity index is 1300. The zero-order valence-corrected chi connectivity index (χ0v) is 24.9. The predicted octanol–water partition coefficient (Wildman–Crippen LogP) is 5.90. The van der Waals surface area contributed by atoms with Crippen LogP contribution in [0.5, 0.6) is 0 Å². The lowest BCUT2D eigenvalue weighted by atomic mass is 10.0. The van der Waals surface area contributed by atoms with E-state index in [2.05, 4.69) is 58.6 Å². The fraction of sp³-hybridized carbons (Fsp3) is 0.455. The van der Waals surface area contributed by atoms with Crippen molar-refractivity contribution in [1.29, 1.82) is 0 Å². The second-order valence-electron chi connectivity index (χ2n) is 10.9. The van der Waals surface area contributed by atoms with Gasteiger partial charge in [0.1, 0.15) is 11.9 Å². The number of hydrogen-bond donors (Lipinski definition) is 4. The molecule has 0 fully saturated rings. The van der Waals surface area contributed by atoms with Crippen LogP contribution < -0.4 is 21.7 Å². The standard InChI is InChI=1S/C33H46FN5O2/c1-23(2)39-29-14-10-9-13-28(29)32(26-17-19-27(34)20-18-26)30(39)15-7-5-6-8-16-31(40)38-24(3)33(41)37-22-12-11-21-36-25(4)35/h7,9-10,13-15,17-20,23-25,36H,5-6,8,11-12,16,21-22,35H2,1-4H3,(H,37,41)(H,38,40)/b15-7+. The normalized spacial score (nSPS) is 13.1. The molecule has 0 bridgehead atoms. The first-order valence-corrected chi connectivity index (χ1v) is 14.8. The zero-order valence-electron chi connectivity index (χ0n) is 24.9. The van der Waals surface area contributed by atoms with Crippen LogP contribution in [0.1, 0.15) is 78.0 Å². The summed E-state index contributed by atoms with van der Waals surface area (Å²) >= 11 is 0. The van der Waals surface area contributed by atoms with Gasteiger partial charge in [-0.2, -0.15) is 0 Å². The highest BCUT2D eigenvalue weighted by Gasteiger charge is 2.18. The largest absolute Gasteiger partial charge is 0.354 e. The van der Waals surface area contributed by atoms with E-state index in [0.717, 1.165) is 66.4 Å². The van der Waals surface area contributed by atoms with Crippen LogP contribution in [0.4, 0.5) is 4.39 Å². The molecule has 41 heavy (non-hydrogen) atoms. The van der Waals surface area contributed by atoms with Gasteiger partial charge in [0.2, 0.25) is 11.8 Å². The number of para-hydroxylation sites is 1. The molecular formula is C33H46FN5O2. The van der Waals surface area contributed by atoms with Gasteiger partial charge >= 0.3 is 0 Å². The van der Waals surface area contributed by atoms with Crippen molar-refractivity contribution in [1.82, 2.24) is 20.5 Å². The second kappa shape index (κ2) is 16.1. The minimum absolute atomic E-state index is 0.0330. The van der Waals surface area contributed by atoms with E-state index in [1.165, 1.54) is 12.1 Å². The SMILES string of the molecule is CC(N)NCCCCNC(=O)C(C)NC(=O)CCCC/C=C/c1c(-c2ccc(F)cc2)c2ccccc2n1C(C)C. The molecule has 2 atom stereocenters. The zero-order chi connectivity index (χ0) is 29.8. The van der Waals surface area contributed by atoms with Gasteiger partial charge in [-0.3, -0.25) is 9.59 Å². The highest BCUT2D eigenvalue weighted by atomic mass is 19.1. The molecule has 8 heteroatoms. The van der Waals surface area contributed by atoms with Gasteiger partial charge in [-0.05, 0) is 96.2 Å². The molecular weight excluding hydrogens is 517 g/mol. The van der Waals surface area contributed by atoms with E-state index in [4.69, 9.17) is 5.73 Å². The van der Waals surface area contributed by atoms with Gasteiger partial charge in [-0.1, -0.05) is 36.4 Å². The van der Waals surface area contributed by atoms with E-state index in [1.54, 1.807) is 6.92 Å². The molecule has 0 aliphatic carbocycles. The van der Waals surface area contributed by atoms with Crippen molar-refractivity contribution in [2.45, 2.75) is 84.5 Å². The molecule has 2 amide bonds. The Hall–Kier alpha value is -3.49. The van der Waals surface area contributed by atoms with Gasteiger partial charge in [-0.25, -0.2) is 4.39 Å². The van der Waals surface area contributed by atoms with Crippen LogP contribution in [0.15, 0.2) is 54.6 Å². The summed E-state index contributed by atoms with van der Waals surface area (Å²) in [4.78, 5) is 24.6. The van der Waals surface area contributed by atoms with Gasteiger partial charge in [0.15, 0.2) is 0 Å². The van der Waals surface area contributed by atoms with E-state index in [-0.39, 0.29) is 29.8 Å². The first kappa shape index (κ1) is 32.0. The maximum absolute atomic E-state index is 13.7. The molecule has 7 nitrogen and oxygen atoms in total. The van der Waals surface area contributed by atoms with Crippen LogP contribution in [0.25, 0.3) is 28.1 Å². The fourth-order valence-corrected chi connectivity index (χ4v) is 4.99. The summed E-state index contributed by atoms with van der Waals surface area (Å²) in [6.07, 6.45) is 8.82. The molecule has 0 aliphatic rings. The van der Waals surface area contributed by atoms with Gasteiger partial charge in [-0.15, -0.1) is 0 Å². The minimum Gasteiger partial charge on any atom is -0.354 e. The maximum atomic E-state index is 13.7. The minimum atomic E-state index is -0.563. The number of allylic oxidation sites excluding steroid dienone is 1. The number of hydrogen-bond acceptors (Lipinski definition) is 4. The Morgan fingerprint density at radius 1 is 0.951 bits per heavy atom. The van der Waals surface area contributed by atoms with Crippen molar-refractivity contribution < 1.29 is 14.0 Å². The monoisotopic (exact) mass is 563 g/mol. The predicted molar refractivity (Wildman–Crippen MR) is 167 cm³/mol. The lowest BCUT2D eigenvalue weighted by molar-refractivity contribution is -0.128. The number of nitrogens with one attached hydrogen (secondary N) is 3. The third-order valence-electron chi connectivity index (χ3n) is 7.04. The Morgan fingerprint density at radius 2 is 1.66 bits per heavy atom. The quantitative estimate of drug-likeness (QED) is 0.129. The Kier molecular flexibility index (Phi) is 12.6. The molecule has 3 rings (SSSR count). The van der Waals surface area contributed by atoms with E-state index in [0.29, 0.717) is 13.0 Å². The van der Waals surface area contributed by atoms with E-state index >= 15 is 0 Å². The number of halogens is 1. The average Bonchev–Trinajstić information content (AvgIpc) is 3.26. The molecule has 0 radical (unpaired) electrons. The van der Waals surface area contributed by atoms with Crippen molar-refractivity contribution in [2.75, 3.05) is 13.1 Å². The third-order valence-corrected chi connectivity index (χ3v) is 7.04. The lowest BCUT2D eigenvalue weighted by Crippen LogP contribution is -2.45. The topological polar surface area (TPSA) is 101 Å². The summed E-state index contributed by atoms with van der Waals surface area (Å²) in [5, 5.41) is 9.95. The maximum Gasteiger partial charge on any atom is 0.242 e. The van der Waals surface area contributed by atoms with Crippen molar-refractivity contribution in [2.24, 2.45) is 5.73 Å². The smallest absolute Gasteiger partial charge is 0.242 e. The summed E-state index contributed by atoms with van der Waals surface area (Å²) in [6, 6.07) is 14.7. The van der Waals surface area contributed by atoms with Crippen LogP contribution in [0.2, 0.25) is 0 Å². The molecule has 0 saturated heterocycles. The van der Waals surface area contributed by atoms with Crippen molar-refractivity contribution >= 4 is 28.8 Å². The van der Waals surface area contributed by atoms with Gasteiger partial charge in [0, 0.05) is 41.2 Å². The molecule has 1 heterocycles.